The number of halogens is 1. The Kier molecular flexibility index (Phi) is 8.27. The summed E-state index contributed by atoms with van der Waals surface area (Å²) in [6.07, 6.45) is 1.37. The maximum absolute atomic E-state index is 12.7. The van der Waals surface area contributed by atoms with Gasteiger partial charge >= 0.3 is 0 Å². The van der Waals surface area contributed by atoms with Gasteiger partial charge in [0.2, 0.25) is 17.7 Å². The second-order valence-electron chi connectivity index (χ2n) is 8.53. The lowest BCUT2D eigenvalue weighted by molar-refractivity contribution is -0.128. The van der Waals surface area contributed by atoms with E-state index in [2.05, 4.69) is 21.3 Å². The Morgan fingerprint density at radius 1 is 1.24 bits per heavy atom. The summed E-state index contributed by atoms with van der Waals surface area (Å²) in [7, 11) is 0. The van der Waals surface area contributed by atoms with Crippen LogP contribution in [0.15, 0.2) is 28.7 Å². The van der Waals surface area contributed by atoms with Crippen LogP contribution in [0.5, 0.6) is 0 Å². The van der Waals surface area contributed by atoms with Gasteiger partial charge in [-0.3, -0.25) is 19.2 Å². The van der Waals surface area contributed by atoms with E-state index in [9.17, 15) is 24.0 Å². The van der Waals surface area contributed by atoms with E-state index in [1.165, 1.54) is 6.07 Å². The van der Waals surface area contributed by atoms with E-state index >= 15 is 0 Å². The molecule has 0 radical (unpaired) electrons. The number of fused-ring (bicyclic) bond motifs is 1. The summed E-state index contributed by atoms with van der Waals surface area (Å²) in [5.74, 6) is -2.45. The lowest BCUT2D eigenvalue weighted by atomic mass is 9.99. The fourth-order valence-electron chi connectivity index (χ4n) is 3.73. The Morgan fingerprint density at radius 2 is 2.00 bits per heavy atom. The molecule has 34 heavy (non-hydrogen) atoms. The van der Waals surface area contributed by atoms with Crippen LogP contribution in [-0.4, -0.2) is 55.1 Å². The second-order valence-corrected chi connectivity index (χ2v) is 8.96. The number of furan rings is 1. The van der Waals surface area contributed by atoms with E-state index in [0.29, 0.717) is 35.2 Å². The molecule has 0 spiro atoms. The number of amides is 4. The van der Waals surface area contributed by atoms with Gasteiger partial charge < -0.3 is 30.5 Å². The molecule has 2 aromatic rings. The molecule has 3 unspecified atom stereocenters. The molecule has 1 fully saturated rings. The average Bonchev–Trinajstić information content (AvgIpc) is 3.40. The normalized spacial score (nSPS) is 17.2. The number of hydrogen-bond donors (Lipinski definition) is 4. The van der Waals surface area contributed by atoms with E-state index < -0.39 is 29.8 Å². The summed E-state index contributed by atoms with van der Waals surface area (Å²) in [4.78, 5) is 60.6. The molecule has 3 atom stereocenters. The van der Waals surface area contributed by atoms with Crippen LogP contribution in [0.2, 0.25) is 5.02 Å². The molecule has 4 N–H and O–H groups in total. The van der Waals surface area contributed by atoms with E-state index in [-0.39, 0.29) is 36.5 Å². The molecule has 0 aliphatic carbocycles. The smallest absolute Gasteiger partial charge is 0.287 e. The first-order valence-corrected chi connectivity index (χ1v) is 11.4. The van der Waals surface area contributed by atoms with Crippen LogP contribution in [-0.2, 0) is 19.2 Å². The number of carbonyl (C=O) groups is 5. The third-order valence-corrected chi connectivity index (χ3v) is 5.81. The highest BCUT2D eigenvalue weighted by Gasteiger charge is 2.29. The van der Waals surface area contributed by atoms with E-state index in [1.54, 1.807) is 32.0 Å². The molecule has 11 heteroatoms. The van der Waals surface area contributed by atoms with Crippen molar-refractivity contribution < 1.29 is 28.4 Å². The Morgan fingerprint density at radius 3 is 2.65 bits per heavy atom. The molecule has 0 bridgehead atoms. The summed E-state index contributed by atoms with van der Waals surface area (Å²) in [5.41, 5.74) is 0.483. The van der Waals surface area contributed by atoms with Crippen molar-refractivity contribution in [1.82, 2.24) is 21.3 Å². The average molecular weight is 491 g/mol. The topological polar surface area (TPSA) is 147 Å². The highest BCUT2D eigenvalue weighted by atomic mass is 35.5. The van der Waals surface area contributed by atoms with Crippen molar-refractivity contribution >= 4 is 52.5 Å². The number of hydrogen-bond acceptors (Lipinski definition) is 6. The fraction of sp³-hybridized carbons (Fsp3) is 0.435. The number of nitrogens with one attached hydrogen (secondary N) is 4. The zero-order valence-corrected chi connectivity index (χ0v) is 19.6. The van der Waals surface area contributed by atoms with Gasteiger partial charge in [0, 0.05) is 22.9 Å². The molecular formula is C23H27ClN4O6. The van der Waals surface area contributed by atoms with Gasteiger partial charge in [0.05, 0.1) is 12.6 Å². The summed E-state index contributed by atoms with van der Waals surface area (Å²) >= 11 is 5.96. The van der Waals surface area contributed by atoms with Gasteiger partial charge in [0.15, 0.2) is 5.76 Å². The van der Waals surface area contributed by atoms with Gasteiger partial charge in [0.1, 0.15) is 17.9 Å². The Hall–Kier alpha value is -3.40. The zero-order valence-electron chi connectivity index (χ0n) is 18.9. The molecule has 0 saturated carbocycles. The maximum Gasteiger partial charge on any atom is 0.287 e. The maximum atomic E-state index is 12.7. The van der Waals surface area contributed by atoms with Crippen LogP contribution in [0.1, 0.15) is 37.2 Å². The third kappa shape index (κ3) is 6.34. The van der Waals surface area contributed by atoms with E-state index in [0.717, 1.165) is 0 Å². The number of aldehydes is 1. The Bertz CT molecular complexity index is 1100. The van der Waals surface area contributed by atoms with Crippen molar-refractivity contribution in [1.29, 1.82) is 0 Å². The lowest BCUT2D eigenvalue weighted by Crippen LogP contribution is -2.52. The summed E-state index contributed by atoms with van der Waals surface area (Å²) in [6, 6.07) is 4.71. The Balaban J connectivity index is 1.54. The predicted octanol–water partition coefficient (Wildman–Crippen LogP) is 1.17. The van der Waals surface area contributed by atoms with Gasteiger partial charge in [-0.1, -0.05) is 25.4 Å². The minimum absolute atomic E-state index is 0.0261. The van der Waals surface area contributed by atoms with Gasteiger partial charge in [-0.2, -0.15) is 0 Å². The van der Waals surface area contributed by atoms with Gasteiger partial charge in [0.25, 0.3) is 5.91 Å². The highest BCUT2D eigenvalue weighted by Crippen LogP contribution is 2.23. The van der Waals surface area contributed by atoms with Gasteiger partial charge in [-0.05, 0) is 43.0 Å². The van der Waals surface area contributed by atoms with Crippen molar-refractivity contribution in [3.63, 3.8) is 0 Å². The quantitative estimate of drug-likeness (QED) is 0.367. The van der Waals surface area contributed by atoms with Crippen molar-refractivity contribution in [3.8, 4) is 0 Å². The number of benzene rings is 1. The molecule has 4 amide bonds. The molecule has 1 aliphatic heterocycles. The molecule has 1 aromatic carbocycles. The zero-order chi connectivity index (χ0) is 24.8. The van der Waals surface area contributed by atoms with Crippen molar-refractivity contribution in [2.75, 3.05) is 13.1 Å². The first-order chi connectivity index (χ1) is 16.2. The van der Waals surface area contributed by atoms with Crippen LogP contribution < -0.4 is 21.3 Å². The molecule has 3 rings (SSSR count). The fourth-order valence-corrected chi connectivity index (χ4v) is 3.91. The molecule has 10 nitrogen and oxygen atoms in total. The molecule has 2 heterocycles. The van der Waals surface area contributed by atoms with Crippen molar-refractivity contribution in [2.45, 2.75) is 38.8 Å². The third-order valence-electron chi connectivity index (χ3n) is 5.57. The molecule has 1 aliphatic rings. The Labute approximate surface area is 201 Å². The van der Waals surface area contributed by atoms with Crippen LogP contribution in [0, 0.1) is 11.8 Å². The monoisotopic (exact) mass is 490 g/mol. The molecule has 1 aromatic heterocycles. The minimum Gasteiger partial charge on any atom is -0.451 e. The number of carbonyl (C=O) groups excluding carboxylic acids is 5. The lowest BCUT2D eigenvalue weighted by Gasteiger charge is -2.21. The summed E-state index contributed by atoms with van der Waals surface area (Å²) in [6.45, 7) is 3.65. The molecule has 1 saturated heterocycles. The van der Waals surface area contributed by atoms with E-state index in [1.807, 2.05) is 0 Å². The first-order valence-electron chi connectivity index (χ1n) is 11.0. The van der Waals surface area contributed by atoms with Crippen LogP contribution in [0.25, 0.3) is 11.0 Å². The SMILES string of the molecule is CC(C)C(NC(=O)c1cc2cc(Cl)ccc2o1)C(=O)NCC(=O)NC(C=O)CC1CCNC1=O. The minimum atomic E-state index is -0.929. The van der Waals surface area contributed by atoms with Gasteiger partial charge in [-0.15, -0.1) is 0 Å². The molecule has 182 valence electrons. The summed E-state index contributed by atoms with van der Waals surface area (Å²) < 4.78 is 5.53. The largest absolute Gasteiger partial charge is 0.451 e. The first kappa shape index (κ1) is 25.2. The molecular weight excluding hydrogens is 464 g/mol. The number of rotatable bonds is 10. The second kappa shape index (κ2) is 11.1. The van der Waals surface area contributed by atoms with Crippen LogP contribution >= 0.6 is 11.6 Å². The predicted molar refractivity (Wildman–Crippen MR) is 124 cm³/mol. The highest BCUT2D eigenvalue weighted by molar-refractivity contribution is 6.31. The van der Waals surface area contributed by atoms with E-state index in [4.69, 9.17) is 16.0 Å². The summed E-state index contributed by atoms with van der Waals surface area (Å²) in [5, 5.41) is 11.4. The standard InChI is InChI=1S/C23H27ClN4O6/c1-12(2)20(28-22(32)18-9-14-7-15(24)3-4-17(14)34-18)23(33)26-10-19(30)27-16(11-29)8-13-5-6-25-21(13)31/h3-4,7,9,11-13,16,20H,5-6,8,10H2,1-2H3,(H,25,31)(H,26,33)(H,27,30)(H,28,32). The van der Waals surface area contributed by atoms with Crippen LogP contribution in [0.3, 0.4) is 0 Å². The van der Waals surface area contributed by atoms with Crippen molar-refractivity contribution in [3.05, 3.63) is 35.0 Å². The van der Waals surface area contributed by atoms with Crippen molar-refractivity contribution in [2.24, 2.45) is 11.8 Å². The van der Waals surface area contributed by atoms with Crippen LogP contribution in [0.4, 0.5) is 0 Å². The van der Waals surface area contributed by atoms with Gasteiger partial charge in [-0.25, -0.2) is 0 Å².